The maximum Gasteiger partial charge on any atom is 0.513 e. The zero-order chi connectivity index (χ0) is 23.3. The lowest BCUT2D eigenvalue weighted by Gasteiger charge is -2.37. The first-order valence-electron chi connectivity index (χ1n) is 10.2. The molecule has 4 rings (SSSR count). The standard InChI is InChI=1S/C22H22N2O7S/c1-3-24(21(27)28)11-9-15-17(12-24)32-19-16(31-2)8-10-22(18(15)19,20(25)26)13-4-6-14(7-5-13)23(29)30/h4-8H,3,9-12H2,1-2H3,(H-,25,26,27,28)/p+1. The summed E-state index contributed by atoms with van der Waals surface area (Å²) in [4.78, 5) is 37.0. The fraction of sp³-hybridized carbons (Fsp3) is 0.364. The van der Waals surface area contributed by atoms with Crippen molar-refractivity contribution in [2.24, 2.45) is 0 Å². The number of aliphatic carboxylic acids is 1. The van der Waals surface area contributed by atoms with Crippen LogP contribution in [0.25, 0.3) is 5.76 Å². The van der Waals surface area contributed by atoms with Crippen molar-refractivity contribution in [1.82, 2.24) is 0 Å². The Labute approximate surface area is 187 Å². The Morgan fingerprint density at radius 1 is 1.28 bits per heavy atom. The van der Waals surface area contributed by atoms with E-state index in [1.54, 1.807) is 6.08 Å². The Hall–Kier alpha value is -3.24. The smallest absolute Gasteiger partial charge is 0.496 e. The predicted molar refractivity (Wildman–Crippen MR) is 117 cm³/mol. The van der Waals surface area contributed by atoms with Crippen molar-refractivity contribution in [3.05, 3.63) is 66.9 Å². The number of ether oxygens (including phenoxy) is 1. The molecule has 0 saturated heterocycles. The van der Waals surface area contributed by atoms with E-state index in [0.717, 1.165) is 10.4 Å². The molecule has 1 aliphatic carbocycles. The van der Waals surface area contributed by atoms with Gasteiger partial charge in [-0.15, -0.1) is 11.3 Å². The number of thiophene rings is 1. The third-order valence-electron chi connectivity index (χ3n) is 6.74. The molecule has 0 fully saturated rings. The topological polar surface area (TPSA) is 127 Å². The average Bonchev–Trinajstić information content (AvgIpc) is 3.16. The van der Waals surface area contributed by atoms with E-state index in [1.165, 1.54) is 42.7 Å². The number of rotatable bonds is 5. The van der Waals surface area contributed by atoms with Crippen molar-refractivity contribution < 1.29 is 33.9 Å². The third-order valence-corrected chi connectivity index (χ3v) is 7.97. The maximum atomic E-state index is 12.8. The van der Waals surface area contributed by atoms with Crippen molar-refractivity contribution in [3.8, 4) is 0 Å². The predicted octanol–water partition coefficient (Wildman–Crippen LogP) is 3.99. The number of non-ortho nitro benzene ring substituents is 1. The number of fused-ring (bicyclic) bond motifs is 3. The summed E-state index contributed by atoms with van der Waals surface area (Å²) in [7, 11) is 1.53. The van der Waals surface area contributed by atoms with Crippen molar-refractivity contribution in [2.75, 3.05) is 20.2 Å². The summed E-state index contributed by atoms with van der Waals surface area (Å²) < 4.78 is 5.45. The minimum atomic E-state index is -1.43. The monoisotopic (exact) mass is 459 g/mol. The number of nitro benzene ring substituents is 1. The van der Waals surface area contributed by atoms with Crippen LogP contribution in [0.3, 0.4) is 0 Å². The second-order valence-electron chi connectivity index (χ2n) is 8.07. The van der Waals surface area contributed by atoms with Crippen molar-refractivity contribution in [3.63, 3.8) is 0 Å². The second kappa shape index (κ2) is 7.72. The Morgan fingerprint density at radius 3 is 2.50 bits per heavy atom. The van der Waals surface area contributed by atoms with Gasteiger partial charge in [-0.25, -0.2) is 4.48 Å². The van der Waals surface area contributed by atoms with Crippen molar-refractivity contribution >= 4 is 34.8 Å². The van der Waals surface area contributed by atoms with Crippen LogP contribution in [0.15, 0.2) is 30.3 Å². The quantitative estimate of drug-likeness (QED) is 0.393. The van der Waals surface area contributed by atoms with Crippen LogP contribution in [-0.2, 0) is 27.9 Å². The number of carboxylic acids is 1. The van der Waals surface area contributed by atoms with Crippen LogP contribution in [0.5, 0.6) is 0 Å². The van der Waals surface area contributed by atoms with Gasteiger partial charge in [0.1, 0.15) is 17.7 Å². The SMILES string of the molecule is CC[N+]1(C(=O)O)CCc2c(sc3c2C(C(=O)O)(c2ccc([N+](=O)[O-])cc2)CC=C3OC)C1. The molecule has 2 heterocycles. The summed E-state index contributed by atoms with van der Waals surface area (Å²) >= 11 is 1.38. The highest BCUT2D eigenvalue weighted by molar-refractivity contribution is 7.13. The van der Waals surface area contributed by atoms with Gasteiger partial charge in [-0.1, -0.05) is 12.1 Å². The molecular weight excluding hydrogens is 436 g/mol. The molecule has 1 amide bonds. The largest absolute Gasteiger partial charge is 0.513 e. The molecule has 0 bridgehead atoms. The van der Waals surface area contributed by atoms with E-state index >= 15 is 0 Å². The lowest BCUT2D eigenvalue weighted by Crippen LogP contribution is -2.54. The molecular formula is C22H23N2O7S+. The van der Waals surface area contributed by atoms with E-state index in [0.29, 0.717) is 41.3 Å². The maximum absolute atomic E-state index is 12.8. The lowest BCUT2D eigenvalue weighted by atomic mass is 9.67. The van der Waals surface area contributed by atoms with Crippen LogP contribution >= 0.6 is 11.3 Å². The number of carbonyl (C=O) groups is 2. The first kappa shape index (κ1) is 22.0. The highest BCUT2D eigenvalue weighted by atomic mass is 32.1. The molecule has 2 aromatic rings. The van der Waals surface area contributed by atoms with Crippen molar-refractivity contribution in [2.45, 2.75) is 31.7 Å². The van der Waals surface area contributed by atoms with Crippen LogP contribution in [-0.4, -0.2) is 51.9 Å². The van der Waals surface area contributed by atoms with Crippen LogP contribution in [0.1, 0.15) is 39.8 Å². The molecule has 2 unspecified atom stereocenters. The van der Waals surface area contributed by atoms with Gasteiger partial charge in [-0.05, 0) is 36.1 Å². The van der Waals surface area contributed by atoms with Gasteiger partial charge in [0, 0.05) is 18.6 Å². The minimum Gasteiger partial charge on any atom is -0.496 e. The number of hydrogen-bond donors (Lipinski definition) is 2. The van der Waals surface area contributed by atoms with Crippen molar-refractivity contribution in [1.29, 1.82) is 0 Å². The van der Waals surface area contributed by atoms with Gasteiger partial charge in [0.25, 0.3) is 5.69 Å². The lowest BCUT2D eigenvalue weighted by molar-refractivity contribution is -0.870. The molecule has 0 radical (unpaired) electrons. The second-order valence-corrected chi connectivity index (χ2v) is 9.18. The number of nitrogens with zero attached hydrogens (tertiary/aromatic N) is 2. The highest BCUT2D eigenvalue weighted by Gasteiger charge is 2.51. The van der Waals surface area contributed by atoms with Gasteiger partial charge in [0.15, 0.2) is 0 Å². The Balaban J connectivity index is 1.94. The summed E-state index contributed by atoms with van der Waals surface area (Å²) in [6.45, 7) is 2.91. The first-order valence-corrected chi connectivity index (χ1v) is 11.0. The number of benzene rings is 1. The van der Waals surface area contributed by atoms with E-state index in [9.17, 15) is 29.9 Å². The molecule has 0 saturated carbocycles. The molecule has 2 N–H and O–H groups in total. The van der Waals surface area contributed by atoms with E-state index in [4.69, 9.17) is 4.74 Å². The van der Waals surface area contributed by atoms with E-state index in [1.807, 2.05) is 6.92 Å². The number of likely N-dealkylation sites (N-methyl/N-ethyl adjacent to an activating group) is 1. The van der Waals surface area contributed by atoms with Gasteiger partial charge < -0.3 is 14.9 Å². The van der Waals surface area contributed by atoms with E-state index < -0.39 is 22.4 Å². The molecule has 32 heavy (non-hydrogen) atoms. The number of quaternary nitrogens is 1. The summed E-state index contributed by atoms with van der Waals surface area (Å²) in [5, 5.41) is 31.4. The molecule has 1 aliphatic heterocycles. The van der Waals surface area contributed by atoms with Crippen LogP contribution in [0, 0.1) is 10.1 Å². The van der Waals surface area contributed by atoms with Gasteiger partial charge in [0.05, 0.1) is 34.9 Å². The zero-order valence-corrected chi connectivity index (χ0v) is 18.5. The molecule has 10 heteroatoms. The molecule has 0 spiro atoms. The third kappa shape index (κ3) is 3.01. The minimum absolute atomic E-state index is 0.101. The molecule has 168 valence electrons. The van der Waals surface area contributed by atoms with E-state index in [-0.39, 0.29) is 23.1 Å². The number of allylic oxidation sites excluding steroid dienone is 1. The van der Waals surface area contributed by atoms with Crippen LogP contribution in [0.2, 0.25) is 0 Å². The highest BCUT2D eigenvalue weighted by Crippen LogP contribution is 2.52. The number of hydrogen-bond acceptors (Lipinski definition) is 6. The van der Waals surface area contributed by atoms with Crippen LogP contribution in [0.4, 0.5) is 10.5 Å². The average molecular weight is 460 g/mol. The number of methoxy groups -OCH3 is 1. The molecule has 2 atom stereocenters. The number of nitro groups is 1. The van der Waals surface area contributed by atoms with Gasteiger partial charge >= 0.3 is 12.1 Å². The van der Waals surface area contributed by atoms with E-state index in [2.05, 4.69) is 0 Å². The molecule has 1 aromatic carbocycles. The van der Waals surface area contributed by atoms with Gasteiger partial charge in [0.2, 0.25) is 0 Å². The summed E-state index contributed by atoms with van der Waals surface area (Å²) in [5.74, 6) is -0.484. The number of amides is 1. The number of carboxylic acid groups (broad SMARTS) is 2. The van der Waals surface area contributed by atoms with Gasteiger partial charge in [-0.3, -0.25) is 14.9 Å². The fourth-order valence-electron chi connectivity index (χ4n) is 4.84. The first-order chi connectivity index (χ1) is 15.2. The summed E-state index contributed by atoms with van der Waals surface area (Å²) in [6, 6.07) is 5.63. The fourth-order valence-corrected chi connectivity index (χ4v) is 6.39. The Bertz CT molecular complexity index is 1150. The Morgan fingerprint density at radius 2 is 1.97 bits per heavy atom. The molecule has 9 nitrogen and oxygen atoms in total. The van der Waals surface area contributed by atoms with Gasteiger partial charge in [-0.2, -0.15) is 4.79 Å². The van der Waals surface area contributed by atoms with Crippen LogP contribution < -0.4 is 0 Å². The summed E-state index contributed by atoms with van der Waals surface area (Å²) in [5.41, 5.74) is 0.384. The molecule has 2 aliphatic rings. The molecule has 1 aromatic heterocycles. The zero-order valence-electron chi connectivity index (χ0n) is 17.7. The Kier molecular flexibility index (Phi) is 5.30. The summed E-state index contributed by atoms with van der Waals surface area (Å²) in [6.07, 6.45) is 1.40. The normalized spacial score (nSPS) is 24.1.